The summed E-state index contributed by atoms with van der Waals surface area (Å²) in [6.07, 6.45) is 4.11. The minimum atomic E-state index is -0.312. The Morgan fingerprint density at radius 2 is 1.88 bits per heavy atom. The van der Waals surface area contributed by atoms with Gasteiger partial charge in [0.1, 0.15) is 18.7 Å². The first-order valence-electron chi connectivity index (χ1n) is 11.6. The highest BCUT2D eigenvalue weighted by Gasteiger charge is 2.31. The van der Waals surface area contributed by atoms with Gasteiger partial charge >= 0.3 is 6.09 Å². The van der Waals surface area contributed by atoms with Crippen LogP contribution in [0.2, 0.25) is 0 Å². The molecule has 0 bridgehead atoms. The van der Waals surface area contributed by atoms with Gasteiger partial charge in [0.2, 0.25) is 0 Å². The van der Waals surface area contributed by atoms with E-state index in [9.17, 15) is 14.0 Å². The summed E-state index contributed by atoms with van der Waals surface area (Å²) >= 11 is 0. The molecule has 2 aromatic carbocycles. The molecule has 1 atom stereocenters. The molecule has 0 radical (unpaired) electrons. The second-order valence-electron chi connectivity index (χ2n) is 9.06. The van der Waals surface area contributed by atoms with Crippen molar-refractivity contribution in [2.75, 3.05) is 7.05 Å². The summed E-state index contributed by atoms with van der Waals surface area (Å²) in [6.45, 7) is 4.14. The molecule has 1 heterocycles. The van der Waals surface area contributed by atoms with E-state index < -0.39 is 0 Å². The summed E-state index contributed by atoms with van der Waals surface area (Å²) in [5.74, 6) is -0.00590. The van der Waals surface area contributed by atoms with Gasteiger partial charge in [0.05, 0.1) is 6.04 Å². The van der Waals surface area contributed by atoms with E-state index in [4.69, 9.17) is 4.74 Å². The molecule has 33 heavy (non-hydrogen) atoms. The summed E-state index contributed by atoms with van der Waals surface area (Å²) in [5, 5.41) is 0.889. The molecule has 1 saturated carbocycles. The fourth-order valence-corrected chi connectivity index (χ4v) is 5.26. The van der Waals surface area contributed by atoms with Gasteiger partial charge < -0.3 is 19.0 Å². The summed E-state index contributed by atoms with van der Waals surface area (Å²) in [4.78, 5) is 25.8. The van der Waals surface area contributed by atoms with E-state index in [0.717, 1.165) is 59.7 Å². The highest BCUT2D eigenvalue weighted by molar-refractivity contribution is 5.87. The van der Waals surface area contributed by atoms with Crippen LogP contribution in [-0.2, 0) is 16.1 Å². The first kappa shape index (κ1) is 23.0. The van der Waals surface area contributed by atoms with E-state index in [0.29, 0.717) is 0 Å². The third-order valence-corrected chi connectivity index (χ3v) is 7.01. The number of hydrogen-bond donors (Lipinski definition) is 0. The van der Waals surface area contributed by atoms with Crippen LogP contribution in [0.1, 0.15) is 61.4 Å². The van der Waals surface area contributed by atoms with Crippen molar-refractivity contribution in [1.82, 2.24) is 9.47 Å². The molecule has 0 aliphatic heterocycles. The van der Waals surface area contributed by atoms with E-state index in [1.54, 1.807) is 24.1 Å². The number of aromatic nitrogens is 1. The molecule has 1 aliphatic carbocycles. The monoisotopic (exact) mass is 450 g/mol. The Bertz CT molecular complexity index is 1130. The maximum absolute atomic E-state index is 14.1. The average Bonchev–Trinajstić information content (AvgIpc) is 3.13. The van der Waals surface area contributed by atoms with Gasteiger partial charge in [-0.25, -0.2) is 9.18 Å². The molecule has 174 valence electrons. The third kappa shape index (κ3) is 4.65. The number of aldehydes is 1. The third-order valence-electron chi connectivity index (χ3n) is 7.01. The van der Waals surface area contributed by atoms with Gasteiger partial charge in [-0.05, 0) is 74.8 Å². The zero-order valence-corrected chi connectivity index (χ0v) is 19.5. The predicted octanol–water partition coefficient (Wildman–Crippen LogP) is 6.14. The lowest BCUT2D eigenvalue weighted by atomic mass is 9.80. The van der Waals surface area contributed by atoms with Crippen molar-refractivity contribution in [3.05, 3.63) is 71.2 Å². The fraction of sp³-hybridized carbons (Fsp3) is 0.407. The summed E-state index contributed by atoms with van der Waals surface area (Å²) < 4.78 is 21.6. The molecule has 0 saturated heterocycles. The van der Waals surface area contributed by atoms with Crippen LogP contribution in [0, 0.1) is 12.7 Å². The first-order valence-corrected chi connectivity index (χ1v) is 11.6. The van der Waals surface area contributed by atoms with Crippen molar-refractivity contribution in [3.63, 3.8) is 0 Å². The van der Waals surface area contributed by atoms with Crippen molar-refractivity contribution in [2.24, 2.45) is 0 Å². The zero-order chi connectivity index (χ0) is 23.5. The molecule has 3 aromatic rings. The summed E-state index contributed by atoms with van der Waals surface area (Å²) in [6, 6.07) is 14.3. The highest BCUT2D eigenvalue weighted by atomic mass is 19.1. The van der Waals surface area contributed by atoms with Crippen LogP contribution in [0.5, 0.6) is 0 Å². The average molecular weight is 451 g/mol. The lowest BCUT2D eigenvalue weighted by Crippen LogP contribution is -2.39. The van der Waals surface area contributed by atoms with Crippen molar-refractivity contribution >= 4 is 23.3 Å². The van der Waals surface area contributed by atoms with Crippen LogP contribution in [0.25, 0.3) is 10.9 Å². The number of fused-ring (bicyclic) bond motifs is 1. The Morgan fingerprint density at radius 3 is 2.55 bits per heavy atom. The highest BCUT2D eigenvalue weighted by Crippen LogP contribution is 2.41. The molecular weight excluding hydrogens is 419 g/mol. The number of halogens is 1. The Kier molecular flexibility index (Phi) is 6.82. The molecule has 5 nitrogen and oxygen atoms in total. The molecular formula is C27H31FN2O3. The minimum absolute atomic E-state index is 0.115. The van der Waals surface area contributed by atoms with Crippen LogP contribution in [-0.4, -0.2) is 34.9 Å². The Labute approximate surface area is 194 Å². The first-order chi connectivity index (χ1) is 15.9. The smallest absolute Gasteiger partial charge is 0.410 e. The van der Waals surface area contributed by atoms with Crippen molar-refractivity contribution in [3.8, 4) is 0 Å². The molecule has 1 amide bonds. The normalized spacial score (nSPS) is 19.3. The van der Waals surface area contributed by atoms with Crippen LogP contribution in [0.4, 0.5) is 9.18 Å². The number of ether oxygens (including phenoxy) is 1. The van der Waals surface area contributed by atoms with Crippen molar-refractivity contribution < 1.29 is 18.7 Å². The maximum Gasteiger partial charge on any atom is 0.410 e. The molecule has 0 N–H and O–H groups in total. The Morgan fingerprint density at radius 1 is 1.18 bits per heavy atom. The molecule has 1 aliphatic rings. The second kappa shape index (κ2) is 9.77. The standard InChI is InChI=1S/C27H31FN2O3/c1-18(16-31)30-19(2)26(24-15-22(28)11-14-25(24)30)21-9-12-23(13-10-21)29(3)27(32)33-17-20-7-5-4-6-8-20/h4-8,11,14-16,18,21,23H,9-10,12-13,17H2,1-3H3. The van der Waals surface area contributed by atoms with Gasteiger partial charge in [0, 0.05) is 29.7 Å². The van der Waals surface area contributed by atoms with Crippen molar-refractivity contribution in [2.45, 2.75) is 64.1 Å². The van der Waals surface area contributed by atoms with E-state index in [1.165, 1.54) is 6.07 Å². The molecule has 4 rings (SSSR count). The van der Waals surface area contributed by atoms with Gasteiger partial charge in [-0.1, -0.05) is 30.3 Å². The van der Waals surface area contributed by atoms with E-state index in [1.807, 2.05) is 48.7 Å². The molecule has 0 spiro atoms. The SMILES string of the molecule is Cc1c(C2CCC(N(C)C(=O)OCc3ccccc3)CC2)c2cc(F)ccc2n1C(C)C=O. The van der Waals surface area contributed by atoms with Gasteiger partial charge in [-0.3, -0.25) is 0 Å². The molecule has 6 heteroatoms. The lowest BCUT2D eigenvalue weighted by molar-refractivity contribution is -0.110. The number of amides is 1. The fourth-order valence-electron chi connectivity index (χ4n) is 5.26. The predicted molar refractivity (Wildman–Crippen MR) is 127 cm³/mol. The van der Waals surface area contributed by atoms with E-state index >= 15 is 0 Å². The topological polar surface area (TPSA) is 51.5 Å². The van der Waals surface area contributed by atoms with Crippen LogP contribution >= 0.6 is 0 Å². The number of benzene rings is 2. The molecule has 1 fully saturated rings. The van der Waals surface area contributed by atoms with Gasteiger partial charge in [0.15, 0.2) is 0 Å². The second-order valence-corrected chi connectivity index (χ2v) is 9.06. The number of hydrogen-bond acceptors (Lipinski definition) is 3. The van der Waals surface area contributed by atoms with Crippen LogP contribution in [0.3, 0.4) is 0 Å². The number of carbonyl (C=O) groups is 2. The summed E-state index contributed by atoms with van der Waals surface area (Å²) in [5.41, 5.74) is 4.01. The van der Waals surface area contributed by atoms with E-state index in [-0.39, 0.29) is 36.5 Å². The van der Waals surface area contributed by atoms with Crippen molar-refractivity contribution in [1.29, 1.82) is 0 Å². The van der Waals surface area contributed by atoms with Crippen LogP contribution in [0.15, 0.2) is 48.5 Å². The van der Waals surface area contributed by atoms with Gasteiger partial charge in [0.25, 0.3) is 0 Å². The largest absolute Gasteiger partial charge is 0.445 e. The minimum Gasteiger partial charge on any atom is -0.445 e. The quantitative estimate of drug-likeness (QED) is 0.424. The molecule has 1 unspecified atom stereocenters. The maximum atomic E-state index is 14.1. The number of nitrogens with zero attached hydrogens (tertiary/aromatic N) is 2. The van der Waals surface area contributed by atoms with E-state index in [2.05, 4.69) is 0 Å². The van der Waals surface area contributed by atoms with Gasteiger partial charge in [-0.2, -0.15) is 0 Å². The molecule has 1 aromatic heterocycles. The Hall–Kier alpha value is -3.15. The lowest BCUT2D eigenvalue weighted by Gasteiger charge is -2.34. The van der Waals surface area contributed by atoms with Crippen LogP contribution < -0.4 is 0 Å². The zero-order valence-electron chi connectivity index (χ0n) is 19.5. The summed E-state index contributed by atoms with van der Waals surface area (Å²) in [7, 11) is 1.80. The van der Waals surface area contributed by atoms with Gasteiger partial charge in [-0.15, -0.1) is 0 Å². The Balaban J connectivity index is 1.46. The number of rotatable bonds is 6. The number of carbonyl (C=O) groups excluding carboxylic acids is 2.